The summed E-state index contributed by atoms with van der Waals surface area (Å²) in [5.74, 6) is 0.864. The zero-order valence-corrected chi connectivity index (χ0v) is 12.3. The monoisotopic (exact) mass is 274 g/mol. The molecular weight excluding hydrogens is 252 g/mol. The minimum Gasteiger partial charge on any atom is -0.444 e. The van der Waals surface area contributed by atoms with Gasteiger partial charge >= 0.3 is 0 Å². The third kappa shape index (κ3) is 3.68. The van der Waals surface area contributed by atoms with Gasteiger partial charge in [-0.2, -0.15) is 0 Å². The van der Waals surface area contributed by atoms with Crippen molar-refractivity contribution in [1.29, 1.82) is 0 Å². The van der Waals surface area contributed by atoms with E-state index in [9.17, 15) is 0 Å². The molecule has 4 nitrogen and oxygen atoms in total. The molecule has 0 fully saturated rings. The zero-order chi connectivity index (χ0) is 14.5. The zero-order valence-electron chi connectivity index (χ0n) is 12.3. The molecule has 0 aliphatic rings. The van der Waals surface area contributed by atoms with Crippen LogP contribution in [-0.2, 0) is 6.54 Å². The molecule has 0 aliphatic carbocycles. The van der Waals surface area contributed by atoms with Crippen LogP contribution in [0.1, 0.15) is 25.1 Å². The van der Waals surface area contributed by atoms with Crippen LogP contribution in [0.3, 0.4) is 0 Å². The Bertz CT molecular complexity index is 534. The molecule has 0 spiro atoms. The lowest BCUT2D eigenvalue weighted by Crippen LogP contribution is -2.33. The van der Waals surface area contributed by atoms with Crippen molar-refractivity contribution < 1.29 is 9.52 Å². The van der Waals surface area contributed by atoms with Gasteiger partial charge in [-0.15, -0.1) is 0 Å². The standard InChI is InChI=1S/C16H22N2O2/c1-11-4-6-14(7-5-11)16-18-15(10-20-16)8-17-13(3)12(2)9-19/h4-7,10,12-13,17,19H,8-9H2,1-3H3. The molecule has 108 valence electrons. The maximum absolute atomic E-state index is 9.10. The fourth-order valence-corrected chi connectivity index (χ4v) is 1.84. The van der Waals surface area contributed by atoms with Crippen molar-refractivity contribution in [2.75, 3.05) is 6.61 Å². The molecule has 0 bridgehead atoms. The van der Waals surface area contributed by atoms with E-state index >= 15 is 0 Å². The van der Waals surface area contributed by atoms with E-state index in [1.54, 1.807) is 6.26 Å². The first-order valence-electron chi connectivity index (χ1n) is 6.96. The van der Waals surface area contributed by atoms with Crippen molar-refractivity contribution in [3.63, 3.8) is 0 Å². The summed E-state index contributed by atoms with van der Waals surface area (Å²) < 4.78 is 5.51. The van der Waals surface area contributed by atoms with Crippen LogP contribution in [0.2, 0.25) is 0 Å². The molecule has 0 aliphatic heterocycles. The van der Waals surface area contributed by atoms with Gasteiger partial charge in [-0.05, 0) is 31.9 Å². The summed E-state index contributed by atoms with van der Waals surface area (Å²) in [4.78, 5) is 4.48. The van der Waals surface area contributed by atoms with Gasteiger partial charge < -0.3 is 14.8 Å². The van der Waals surface area contributed by atoms with Crippen molar-refractivity contribution in [2.24, 2.45) is 5.92 Å². The fraction of sp³-hybridized carbons (Fsp3) is 0.438. The van der Waals surface area contributed by atoms with Gasteiger partial charge in [-0.3, -0.25) is 0 Å². The van der Waals surface area contributed by atoms with Gasteiger partial charge in [0, 0.05) is 24.8 Å². The Morgan fingerprint density at radius 2 is 1.95 bits per heavy atom. The second-order valence-corrected chi connectivity index (χ2v) is 5.34. The predicted molar refractivity (Wildman–Crippen MR) is 79.2 cm³/mol. The summed E-state index contributed by atoms with van der Waals surface area (Å²) >= 11 is 0. The number of rotatable bonds is 6. The molecule has 0 amide bonds. The van der Waals surface area contributed by atoms with Crippen molar-refractivity contribution in [1.82, 2.24) is 10.3 Å². The summed E-state index contributed by atoms with van der Waals surface area (Å²) in [7, 11) is 0. The number of benzene rings is 1. The van der Waals surface area contributed by atoms with Crippen LogP contribution >= 0.6 is 0 Å². The molecule has 0 radical (unpaired) electrons. The summed E-state index contributed by atoms with van der Waals surface area (Å²) in [5, 5.41) is 12.4. The Kier molecular flexibility index (Phi) is 4.93. The maximum Gasteiger partial charge on any atom is 0.226 e. The number of aromatic nitrogens is 1. The quantitative estimate of drug-likeness (QED) is 0.850. The molecule has 0 saturated heterocycles. The number of nitrogens with zero attached hydrogens (tertiary/aromatic N) is 1. The van der Waals surface area contributed by atoms with E-state index < -0.39 is 0 Å². The molecule has 2 aromatic rings. The number of oxazole rings is 1. The van der Waals surface area contributed by atoms with Gasteiger partial charge in [0.05, 0.1) is 5.69 Å². The molecule has 2 unspecified atom stereocenters. The average Bonchev–Trinajstić information content (AvgIpc) is 2.93. The van der Waals surface area contributed by atoms with Crippen LogP contribution in [0.4, 0.5) is 0 Å². The molecule has 0 saturated carbocycles. The summed E-state index contributed by atoms with van der Waals surface area (Å²) in [5.41, 5.74) is 3.07. The Hall–Kier alpha value is -1.65. The molecule has 20 heavy (non-hydrogen) atoms. The van der Waals surface area contributed by atoms with Crippen molar-refractivity contribution in [2.45, 2.75) is 33.4 Å². The highest BCUT2D eigenvalue weighted by Gasteiger charge is 2.12. The second kappa shape index (κ2) is 6.68. The first-order valence-corrected chi connectivity index (χ1v) is 6.96. The third-order valence-corrected chi connectivity index (χ3v) is 3.60. The van der Waals surface area contributed by atoms with Crippen molar-refractivity contribution >= 4 is 0 Å². The highest BCUT2D eigenvalue weighted by atomic mass is 16.3. The predicted octanol–water partition coefficient (Wildman–Crippen LogP) is 2.76. The summed E-state index contributed by atoms with van der Waals surface area (Å²) in [6, 6.07) is 8.34. The Labute approximate surface area is 119 Å². The van der Waals surface area contributed by atoms with Crippen LogP contribution in [0, 0.1) is 12.8 Å². The lowest BCUT2D eigenvalue weighted by molar-refractivity contribution is 0.207. The van der Waals surface area contributed by atoms with E-state index in [2.05, 4.69) is 24.1 Å². The van der Waals surface area contributed by atoms with Gasteiger partial charge in [0.25, 0.3) is 0 Å². The summed E-state index contributed by atoms with van der Waals surface area (Å²) in [6.45, 7) is 6.95. The van der Waals surface area contributed by atoms with E-state index in [1.807, 2.05) is 31.2 Å². The minimum atomic E-state index is 0.182. The van der Waals surface area contributed by atoms with Crippen LogP contribution < -0.4 is 5.32 Å². The van der Waals surface area contributed by atoms with Crippen molar-refractivity contribution in [3.8, 4) is 11.5 Å². The normalized spacial score (nSPS) is 14.2. The van der Waals surface area contributed by atoms with E-state index in [1.165, 1.54) is 5.56 Å². The van der Waals surface area contributed by atoms with Gasteiger partial charge in [-0.1, -0.05) is 24.6 Å². The van der Waals surface area contributed by atoms with E-state index in [4.69, 9.17) is 9.52 Å². The lowest BCUT2D eigenvalue weighted by Gasteiger charge is -2.18. The molecular formula is C16H22N2O2. The van der Waals surface area contributed by atoms with Crippen molar-refractivity contribution in [3.05, 3.63) is 41.8 Å². The highest BCUT2D eigenvalue weighted by Crippen LogP contribution is 2.19. The van der Waals surface area contributed by atoms with Crippen LogP contribution in [0.5, 0.6) is 0 Å². The van der Waals surface area contributed by atoms with Gasteiger partial charge in [0.1, 0.15) is 6.26 Å². The topological polar surface area (TPSA) is 58.3 Å². The number of hydrogen-bond donors (Lipinski definition) is 2. The van der Waals surface area contributed by atoms with Gasteiger partial charge in [0.15, 0.2) is 0 Å². The largest absolute Gasteiger partial charge is 0.444 e. The number of nitrogens with one attached hydrogen (secondary N) is 1. The number of aliphatic hydroxyl groups excluding tert-OH is 1. The first kappa shape index (κ1) is 14.8. The molecule has 4 heteroatoms. The lowest BCUT2D eigenvalue weighted by atomic mass is 10.1. The highest BCUT2D eigenvalue weighted by molar-refractivity contribution is 5.53. The summed E-state index contributed by atoms with van der Waals surface area (Å²) in [6.07, 6.45) is 1.68. The van der Waals surface area contributed by atoms with E-state index in [0.29, 0.717) is 12.4 Å². The molecule has 2 N–H and O–H groups in total. The Morgan fingerprint density at radius 1 is 1.25 bits per heavy atom. The van der Waals surface area contributed by atoms with Crippen LogP contribution in [-0.4, -0.2) is 22.7 Å². The SMILES string of the molecule is Cc1ccc(-c2nc(CNC(C)C(C)CO)co2)cc1. The van der Waals surface area contributed by atoms with Crippen LogP contribution in [0.25, 0.3) is 11.5 Å². The number of aryl methyl sites for hydroxylation is 1. The van der Waals surface area contributed by atoms with Gasteiger partial charge in [0.2, 0.25) is 5.89 Å². The first-order chi connectivity index (χ1) is 9.60. The molecule has 1 aromatic heterocycles. The second-order valence-electron chi connectivity index (χ2n) is 5.34. The number of hydrogen-bond acceptors (Lipinski definition) is 4. The Morgan fingerprint density at radius 3 is 2.60 bits per heavy atom. The van der Waals surface area contributed by atoms with Gasteiger partial charge in [-0.25, -0.2) is 4.98 Å². The third-order valence-electron chi connectivity index (χ3n) is 3.60. The van der Waals surface area contributed by atoms with Crippen LogP contribution in [0.15, 0.2) is 34.9 Å². The fourth-order valence-electron chi connectivity index (χ4n) is 1.84. The maximum atomic E-state index is 9.10. The molecule has 2 atom stereocenters. The molecule has 1 aromatic carbocycles. The average molecular weight is 274 g/mol. The number of aliphatic hydroxyl groups is 1. The minimum absolute atomic E-state index is 0.182. The van der Waals surface area contributed by atoms with E-state index in [0.717, 1.165) is 11.3 Å². The molecule has 1 heterocycles. The van der Waals surface area contributed by atoms with E-state index in [-0.39, 0.29) is 18.6 Å². The molecule has 2 rings (SSSR count). The Balaban J connectivity index is 1.97. The smallest absolute Gasteiger partial charge is 0.226 e.